The minimum Gasteiger partial charge on any atom is -0.468 e. The second-order valence-electron chi connectivity index (χ2n) is 6.50. The molecule has 0 radical (unpaired) electrons. The zero-order valence-corrected chi connectivity index (χ0v) is 14.6. The van der Waals surface area contributed by atoms with Crippen LogP contribution < -0.4 is 0 Å². The van der Waals surface area contributed by atoms with Gasteiger partial charge < -0.3 is 4.74 Å². The Hall–Kier alpha value is -2.19. The van der Waals surface area contributed by atoms with E-state index in [4.69, 9.17) is 4.74 Å². The number of carbonyl (C=O) groups is 1. The molecule has 3 atom stereocenters. The molecule has 0 unspecified atom stereocenters. The lowest BCUT2D eigenvalue weighted by atomic mass is 9.73. The summed E-state index contributed by atoms with van der Waals surface area (Å²) in [4.78, 5) is 12.3. The fraction of sp³-hybridized carbons (Fsp3) is 0.412. The van der Waals surface area contributed by atoms with Crippen LogP contribution in [0.4, 0.5) is 0 Å². The molecule has 1 saturated carbocycles. The summed E-state index contributed by atoms with van der Waals surface area (Å²) in [6.45, 7) is 0.364. The first-order valence-corrected chi connectivity index (χ1v) is 9.66. The molecule has 2 heterocycles. The van der Waals surface area contributed by atoms with E-state index in [9.17, 15) is 13.2 Å². The van der Waals surface area contributed by atoms with E-state index < -0.39 is 22.0 Å². The van der Waals surface area contributed by atoms with Crippen molar-refractivity contribution in [3.05, 3.63) is 42.7 Å². The van der Waals surface area contributed by atoms with Crippen LogP contribution in [-0.2, 0) is 19.6 Å². The SMILES string of the molecule is COC(=O)[C@@H]1[C@@H]2CC[C@@H]2CN1S(=O)(=O)c1cnn(-c2ccccc2)c1. The van der Waals surface area contributed by atoms with Crippen molar-refractivity contribution in [3.63, 3.8) is 0 Å². The maximum Gasteiger partial charge on any atom is 0.324 e. The summed E-state index contributed by atoms with van der Waals surface area (Å²) in [6, 6.07) is 8.56. The molecule has 1 aromatic carbocycles. The van der Waals surface area contributed by atoms with Gasteiger partial charge in [-0.15, -0.1) is 0 Å². The fourth-order valence-corrected chi connectivity index (χ4v) is 5.37. The smallest absolute Gasteiger partial charge is 0.324 e. The number of para-hydroxylation sites is 1. The molecule has 1 aliphatic carbocycles. The van der Waals surface area contributed by atoms with Crippen LogP contribution in [0, 0.1) is 11.8 Å². The van der Waals surface area contributed by atoms with Gasteiger partial charge in [0.05, 0.1) is 25.2 Å². The lowest BCUT2D eigenvalue weighted by molar-refractivity contribution is -0.146. The van der Waals surface area contributed by atoms with Gasteiger partial charge in [0.25, 0.3) is 0 Å². The van der Waals surface area contributed by atoms with Gasteiger partial charge in [-0.3, -0.25) is 4.79 Å². The molecule has 25 heavy (non-hydrogen) atoms. The van der Waals surface area contributed by atoms with Crippen LogP contribution in [0.5, 0.6) is 0 Å². The Morgan fingerprint density at radius 2 is 2.00 bits per heavy atom. The third kappa shape index (κ3) is 2.56. The number of benzene rings is 1. The van der Waals surface area contributed by atoms with Gasteiger partial charge >= 0.3 is 5.97 Å². The highest BCUT2D eigenvalue weighted by Crippen LogP contribution is 2.47. The maximum absolute atomic E-state index is 13.1. The van der Waals surface area contributed by atoms with Crippen molar-refractivity contribution >= 4 is 16.0 Å². The Morgan fingerprint density at radius 3 is 2.64 bits per heavy atom. The van der Waals surface area contributed by atoms with Crippen LogP contribution in [-0.4, -0.2) is 48.2 Å². The first-order chi connectivity index (χ1) is 12.0. The Bertz CT molecular complexity index is 894. The number of hydrogen-bond acceptors (Lipinski definition) is 5. The molecule has 0 spiro atoms. The second-order valence-corrected chi connectivity index (χ2v) is 8.39. The van der Waals surface area contributed by atoms with E-state index in [0.29, 0.717) is 6.54 Å². The van der Waals surface area contributed by atoms with E-state index in [1.165, 1.54) is 28.5 Å². The van der Waals surface area contributed by atoms with E-state index in [1.807, 2.05) is 30.3 Å². The molecule has 8 heteroatoms. The van der Waals surface area contributed by atoms with Crippen LogP contribution in [0.25, 0.3) is 5.69 Å². The Balaban J connectivity index is 1.67. The Kier molecular flexibility index (Phi) is 3.88. The quantitative estimate of drug-likeness (QED) is 0.770. The maximum atomic E-state index is 13.1. The summed E-state index contributed by atoms with van der Waals surface area (Å²) in [6.07, 6.45) is 4.63. The van der Waals surface area contributed by atoms with Crippen LogP contribution in [0.15, 0.2) is 47.6 Å². The van der Waals surface area contributed by atoms with E-state index in [1.54, 1.807) is 0 Å². The summed E-state index contributed by atoms with van der Waals surface area (Å²) in [5.41, 5.74) is 0.773. The number of hydrogen-bond donors (Lipinski definition) is 0. The highest BCUT2D eigenvalue weighted by molar-refractivity contribution is 7.89. The van der Waals surface area contributed by atoms with Crippen molar-refractivity contribution < 1.29 is 17.9 Å². The first-order valence-electron chi connectivity index (χ1n) is 8.22. The predicted octanol–water partition coefficient (Wildman–Crippen LogP) is 1.44. The molecule has 2 aromatic rings. The molecule has 2 fully saturated rings. The number of fused-ring (bicyclic) bond motifs is 1. The normalized spacial score (nSPS) is 26.0. The zero-order chi connectivity index (χ0) is 17.6. The first kappa shape index (κ1) is 16.3. The number of rotatable bonds is 4. The van der Waals surface area contributed by atoms with E-state index in [-0.39, 0.29) is 16.7 Å². The second kappa shape index (κ2) is 5.96. The van der Waals surface area contributed by atoms with E-state index in [0.717, 1.165) is 18.5 Å². The molecule has 1 aliphatic heterocycles. The number of ether oxygens (including phenoxy) is 1. The molecular weight excluding hydrogens is 342 g/mol. The highest BCUT2D eigenvalue weighted by atomic mass is 32.2. The van der Waals surface area contributed by atoms with Gasteiger partial charge in [-0.1, -0.05) is 18.2 Å². The summed E-state index contributed by atoms with van der Waals surface area (Å²) in [7, 11) is -2.51. The largest absolute Gasteiger partial charge is 0.468 e. The molecule has 1 aromatic heterocycles. The van der Waals surface area contributed by atoms with Gasteiger partial charge in [0.1, 0.15) is 10.9 Å². The van der Waals surface area contributed by atoms with E-state index in [2.05, 4.69) is 5.10 Å². The minimum atomic E-state index is -3.81. The van der Waals surface area contributed by atoms with Crippen molar-refractivity contribution in [2.45, 2.75) is 23.8 Å². The molecular formula is C17H19N3O4S. The predicted molar refractivity (Wildman–Crippen MR) is 89.5 cm³/mol. The monoisotopic (exact) mass is 361 g/mol. The average molecular weight is 361 g/mol. The zero-order valence-electron chi connectivity index (χ0n) is 13.8. The van der Waals surface area contributed by atoms with Crippen LogP contribution >= 0.6 is 0 Å². The van der Waals surface area contributed by atoms with Gasteiger partial charge in [-0.25, -0.2) is 13.1 Å². The number of aromatic nitrogens is 2. The lowest BCUT2D eigenvalue weighted by Gasteiger charge is -2.31. The Labute approximate surface area is 146 Å². The molecule has 0 bridgehead atoms. The molecule has 1 saturated heterocycles. The van der Waals surface area contributed by atoms with E-state index >= 15 is 0 Å². The summed E-state index contributed by atoms with van der Waals surface area (Å²) >= 11 is 0. The van der Waals surface area contributed by atoms with Crippen LogP contribution in [0.2, 0.25) is 0 Å². The van der Waals surface area contributed by atoms with Crippen molar-refractivity contribution in [1.82, 2.24) is 14.1 Å². The standard InChI is InChI=1S/C17H19N3O4S/c1-24-17(21)16-15-8-7-12(15)10-20(16)25(22,23)14-9-18-19(11-14)13-5-3-2-4-6-13/h2-6,9,11-12,15-16H,7-8,10H2,1H3/t12-,15-,16+/m1/s1. The lowest BCUT2D eigenvalue weighted by Crippen LogP contribution is -2.44. The summed E-state index contributed by atoms with van der Waals surface area (Å²) in [5.74, 6) is -0.180. The van der Waals surface area contributed by atoms with Gasteiger partial charge in [0.15, 0.2) is 0 Å². The van der Waals surface area contributed by atoms with Crippen LogP contribution in [0.1, 0.15) is 12.8 Å². The van der Waals surface area contributed by atoms with Gasteiger partial charge in [-0.05, 0) is 36.8 Å². The molecule has 4 rings (SSSR count). The molecule has 2 aliphatic rings. The Morgan fingerprint density at radius 1 is 1.24 bits per heavy atom. The van der Waals surface area contributed by atoms with Gasteiger partial charge in [0.2, 0.25) is 10.0 Å². The molecule has 0 amide bonds. The average Bonchev–Trinajstić information content (AvgIpc) is 3.19. The number of esters is 1. The highest BCUT2D eigenvalue weighted by Gasteiger charge is 2.55. The molecule has 7 nitrogen and oxygen atoms in total. The minimum absolute atomic E-state index is 0.0615. The van der Waals surface area contributed by atoms with Crippen molar-refractivity contribution in [2.75, 3.05) is 13.7 Å². The van der Waals surface area contributed by atoms with Crippen molar-refractivity contribution in [3.8, 4) is 5.69 Å². The molecule has 0 N–H and O–H groups in total. The van der Waals surface area contributed by atoms with Crippen LogP contribution in [0.3, 0.4) is 0 Å². The summed E-state index contributed by atoms with van der Waals surface area (Å²) in [5, 5.41) is 4.16. The number of methoxy groups -OCH3 is 1. The third-order valence-electron chi connectivity index (χ3n) is 5.24. The molecule has 132 valence electrons. The number of nitrogens with zero attached hydrogens (tertiary/aromatic N) is 3. The van der Waals surface area contributed by atoms with Gasteiger partial charge in [-0.2, -0.15) is 9.40 Å². The third-order valence-corrected chi connectivity index (χ3v) is 7.04. The van der Waals surface area contributed by atoms with Crippen molar-refractivity contribution in [1.29, 1.82) is 0 Å². The number of carbonyl (C=O) groups excluding carboxylic acids is 1. The number of sulfonamides is 1. The summed E-state index contributed by atoms with van der Waals surface area (Å²) < 4.78 is 33.9. The van der Waals surface area contributed by atoms with Gasteiger partial charge in [0, 0.05) is 6.54 Å². The topological polar surface area (TPSA) is 81.5 Å². The van der Waals surface area contributed by atoms with Crippen molar-refractivity contribution in [2.24, 2.45) is 11.8 Å². The fourth-order valence-electron chi connectivity index (χ4n) is 3.75.